The number of rotatable bonds is 7. The van der Waals surface area contributed by atoms with Crippen molar-refractivity contribution in [3.63, 3.8) is 0 Å². The van der Waals surface area contributed by atoms with E-state index in [1.165, 1.54) is 29.0 Å². The molecule has 0 bridgehead atoms. The molecule has 0 aliphatic rings. The highest BCUT2D eigenvalue weighted by Crippen LogP contribution is 2.30. The van der Waals surface area contributed by atoms with Gasteiger partial charge in [-0.2, -0.15) is 0 Å². The first-order valence-electron chi connectivity index (χ1n) is 9.82. The average Bonchev–Trinajstić information content (AvgIpc) is 3.03. The summed E-state index contributed by atoms with van der Waals surface area (Å²) < 4.78 is 14.4. The van der Waals surface area contributed by atoms with Crippen molar-refractivity contribution in [3.05, 3.63) is 58.4 Å². The summed E-state index contributed by atoms with van der Waals surface area (Å²) in [5, 5.41) is 0.636. The minimum Gasteiger partial charge on any atom is -0.309 e. The second-order valence-electron chi connectivity index (χ2n) is 7.86. The standard InChI is InChI=1S/C23H28FN3OS.ClH/c1-15-11-16(2)19(17(3)12-15)14-22(28)27(10-6-9-26(4)5)23-25-20-8-7-18(24)13-21(20)29-23;/h7-8,11-13H,6,9-10,14H2,1-5H3;1H. The van der Waals surface area contributed by atoms with Crippen molar-refractivity contribution in [3.8, 4) is 0 Å². The zero-order valence-corrected chi connectivity index (χ0v) is 19.8. The smallest absolute Gasteiger partial charge is 0.233 e. The first-order valence-corrected chi connectivity index (χ1v) is 10.6. The van der Waals surface area contributed by atoms with Crippen LogP contribution in [0.3, 0.4) is 0 Å². The van der Waals surface area contributed by atoms with Gasteiger partial charge in [-0.1, -0.05) is 29.0 Å². The maximum absolute atomic E-state index is 13.6. The molecule has 30 heavy (non-hydrogen) atoms. The van der Waals surface area contributed by atoms with Gasteiger partial charge in [0.1, 0.15) is 5.82 Å². The Morgan fingerprint density at radius 2 is 1.73 bits per heavy atom. The van der Waals surface area contributed by atoms with Crippen LogP contribution in [-0.2, 0) is 11.2 Å². The summed E-state index contributed by atoms with van der Waals surface area (Å²) in [6.45, 7) is 7.65. The van der Waals surface area contributed by atoms with Crippen LogP contribution in [0.15, 0.2) is 30.3 Å². The highest BCUT2D eigenvalue weighted by atomic mass is 35.5. The predicted octanol–water partition coefficient (Wildman–Crippen LogP) is 5.31. The van der Waals surface area contributed by atoms with Gasteiger partial charge in [0.15, 0.2) is 5.13 Å². The van der Waals surface area contributed by atoms with Gasteiger partial charge in [-0.3, -0.25) is 9.69 Å². The lowest BCUT2D eigenvalue weighted by molar-refractivity contribution is -0.118. The van der Waals surface area contributed by atoms with Crippen LogP contribution in [0.2, 0.25) is 0 Å². The van der Waals surface area contributed by atoms with Crippen molar-refractivity contribution in [2.24, 2.45) is 0 Å². The number of amides is 1. The average molecular weight is 450 g/mol. The van der Waals surface area contributed by atoms with Gasteiger partial charge in [-0.25, -0.2) is 9.37 Å². The second kappa shape index (κ2) is 10.3. The van der Waals surface area contributed by atoms with Crippen LogP contribution in [-0.4, -0.2) is 43.0 Å². The third kappa shape index (κ3) is 5.78. The number of hydrogen-bond acceptors (Lipinski definition) is 4. The monoisotopic (exact) mass is 449 g/mol. The molecule has 0 atom stereocenters. The molecule has 3 rings (SSSR count). The van der Waals surface area contributed by atoms with Crippen molar-refractivity contribution >= 4 is 45.0 Å². The number of aromatic nitrogens is 1. The van der Waals surface area contributed by atoms with E-state index in [9.17, 15) is 9.18 Å². The second-order valence-corrected chi connectivity index (χ2v) is 8.87. The highest BCUT2D eigenvalue weighted by molar-refractivity contribution is 7.22. The number of carbonyl (C=O) groups excluding carboxylic acids is 1. The van der Waals surface area contributed by atoms with E-state index in [-0.39, 0.29) is 24.1 Å². The summed E-state index contributed by atoms with van der Waals surface area (Å²) >= 11 is 1.37. The number of benzene rings is 2. The van der Waals surface area contributed by atoms with Crippen molar-refractivity contribution < 1.29 is 9.18 Å². The van der Waals surface area contributed by atoms with E-state index < -0.39 is 0 Å². The van der Waals surface area contributed by atoms with Gasteiger partial charge in [0.05, 0.1) is 16.6 Å². The van der Waals surface area contributed by atoms with Gasteiger partial charge in [0.25, 0.3) is 0 Å². The van der Waals surface area contributed by atoms with Crippen LogP contribution in [0.4, 0.5) is 9.52 Å². The van der Waals surface area contributed by atoms with E-state index in [1.54, 1.807) is 11.0 Å². The summed E-state index contributed by atoms with van der Waals surface area (Å²) in [6, 6.07) is 8.79. The van der Waals surface area contributed by atoms with Gasteiger partial charge in [0, 0.05) is 6.54 Å². The van der Waals surface area contributed by atoms with Crippen LogP contribution < -0.4 is 4.90 Å². The number of carbonyl (C=O) groups is 1. The lowest BCUT2D eigenvalue weighted by Crippen LogP contribution is -2.34. The number of aryl methyl sites for hydroxylation is 3. The van der Waals surface area contributed by atoms with Crippen molar-refractivity contribution in [1.29, 1.82) is 0 Å². The molecular formula is C23H29ClFN3OS. The molecule has 0 spiro atoms. The quantitative estimate of drug-likeness (QED) is 0.490. The van der Waals surface area contributed by atoms with Crippen molar-refractivity contribution in [1.82, 2.24) is 9.88 Å². The fraction of sp³-hybridized carbons (Fsp3) is 0.391. The summed E-state index contributed by atoms with van der Waals surface area (Å²) in [5.74, 6) is -0.262. The van der Waals surface area contributed by atoms with Gasteiger partial charge >= 0.3 is 0 Å². The van der Waals surface area contributed by atoms with E-state index in [0.717, 1.165) is 39.9 Å². The molecule has 1 heterocycles. The summed E-state index contributed by atoms with van der Waals surface area (Å²) in [4.78, 5) is 21.8. The molecule has 0 saturated heterocycles. The van der Waals surface area contributed by atoms with Crippen LogP contribution in [0.5, 0.6) is 0 Å². The maximum Gasteiger partial charge on any atom is 0.233 e. The Kier molecular flexibility index (Phi) is 8.35. The fourth-order valence-corrected chi connectivity index (χ4v) is 4.64. The molecule has 162 valence electrons. The summed E-state index contributed by atoms with van der Waals surface area (Å²) in [6.07, 6.45) is 1.18. The maximum atomic E-state index is 13.6. The third-order valence-electron chi connectivity index (χ3n) is 5.03. The fourth-order valence-electron chi connectivity index (χ4n) is 3.61. The molecule has 4 nitrogen and oxygen atoms in total. The Bertz CT molecular complexity index is 1010. The molecule has 0 radical (unpaired) electrons. The van der Waals surface area contributed by atoms with Gasteiger partial charge in [-0.05, 0) is 82.7 Å². The molecule has 0 unspecified atom stereocenters. The van der Waals surface area contributed by atoms with Crippen molar-refractivity contribution in [2.75, 3.05) is 32.1 Å². The molecule has 0 saturated carbocycles. The van der Waals surface area contributed by atoms with E-state index in [4.69, 9.17) is 0 Å². The molecule has 2 aromatic carbocycles. The van der Waals surface area contributed by atoms with Crippen LogP contribution in [0.1, 0.15) is 28.7 Å². The Hall–Kier alpha value is -2.02. The molecular weight excluding hydrogens is 421 g/mol. The van der Waals surface area contributed by atoms with Crippen molar-refractivity contribution in [2.45, 2.75) is 33.6 Å². The Morgan fingerprint density at radius 3 is 2.37 bits per heavy atom. The molecule has 7 heteroatoms. The van der Waals surface area contributed by atoms with E-state index in [2.05, 4.69) is 42.8 Å². The topological polar surface area (TPSA) is 36.4 Å². The third-order valence-corrected chi connectivity index (χ3v) is 6.07. The lowest BCUT2D eigenvalue weighted by Gasteiger charge is -2.22. The molecule has 0 aliphatic carbocycles. The Morgan fingerprint density at radius 1 is 1.07 bits per heavy atom. The molecule has 0 aliphatic heterocycles. The molecule has 1 amide bonds. The van der Waals surface area contributed by atoms with E-state index in [0.29, 0.717) is 18.1 Å². The zero-order chi connectivity index (χ0) is 21.1. The number of fused-ring (bicyclic) bond motifs is 1. The minimum atomic E-state index is -0.288. The first kappa shape index (κ1) is 24.3. The molecule has 0 fully saturated rings. The number of nitrogens with zero attached hydrogens (tertiary/aromatic N) is 3. The number of hydrogen-bond donors (Lipinski definition) is 0. The molecule has 0 N–H and O–H groups in total. The van der Waals surface area contributed by atoms with Gasteiger partial charge in [-0.15, -0.1) is 12.4 Å². The number of thiazole rings is 1. The first-order chi connectivity index (χ1) is 13.7. The predicted molar refractivity (Wildman–Crippen MR) is 127 cm³/mol. The molecule has 1 aromatic heterocycles. The van der Waals surface area contributed by atoms with Crippen LogP contribution >= 0.6 is 23.7 Å². The lowest BCUT2D eigenvalue weighted by atomic mass is 9.97. The Balaban J connectivity index is 0.00000320. The highest BCUT2D eigenvalue weighted by Gasteiger charge is 2.21. The zero-order valence-electron chi connectivity index (χ0n) is 18.2. The Labute approximate surface area is 188 Å². The van der Waals surface area contributed by atoms with Crippen LogP contribution in [0, 0.1) is 26.6 Å². The summed E-state index contributed by atoms with van der Waals surface area (Å²) in [7, 11) is 4.04. The van der Waals surface area contributed by atoms with E-state index in [1.807, 2.05) is 14.1 Å². The molecule has 3 aromatic rings. The SMILES string of the molecule is Cc1cc(C)c(CC(=O)N(CCCN(C)C)c2nc3ccc(F)cc3s2)c(C)c1.Cl. The van der Waals surface area contributed by atoms with Crippen LogP contribution in [0.25, 0.3) is 10.2 Å². The van der Waals surface area contributed by atoms with Gasteiger partial charge < -0.3 is 4.90 Å². The summed E-state index contributed by atoms with van der Waals surface area (Å²) in [5.41, 5.74) is 5.27. The minimum absolute atomic E-state index is 0. The van der Waals surface area contributed by atoms with E-state index >= 15 is 0 Å². The normalized spacial score (nSPS) is 11.0. The number of anilines is 1. The number of halogens is 2. The van der Waals surface area contributed by atoms with Gasteiger partial charge in [0.2, 0.25) is 5.91 Å². The largest absolute Gasteiger partial charge is 0.309 e.